The lowest BCUT2D eigenvalue weighted by molar-refractivity contribution is 0.584. The normalized spacial score (nSPS) is 11.3. The molecule has 0 amide bonds. The molecule has 0 atom stereocenters. The van der Waals surface area contributed by atoms with E-state index >= 15 is 0 Å². The summed E-state index contributed by atoms with van der Waals surface area (Å²) >= 11 is 6.44. The van der Waals surface area contributed by atoms with Crippen molar-refractivity contribution in [2.45, 2.75) is 18.4 Å². The smallest absolute Gasteiger partial charge is 0.240 e. The Bertz CT molecular complexity index is 1000. The van der Waals surface area contributed by atoms with E-state index < -0.39 is 10.0 Å². The summed E-state index contributed by atoms with van der Waals surface area (Å²) in [6.07, 6.45) is 0. The minimum Gasteiger partial charge on any atom is -0.381 e. The molecule has 2 N–H and O–H groups in total. The van der Waals surface area contributed by atoms with Crippen molar-refractivity contribution in [3.8, 4) is 11.1 Å². The van der Waals surface area contributed by atoms with Crippen LogP contribution in [0.4, 0.5) is 5.69 Å². The van der Waals surface area contributed by atoms with Crippen molar-refractivity contribution in [3.63, 3.8) is 0 Å². The first-order chi connectivity index (χ1) is 13.0. The summed E-state index contributed by atoms with van der Waals surface area (Å²) in [6, 6.07) is 22.7. The van der Waals surface area contributed by atoms with Crippen molar-refractivity contribution in [2.24, 2.45) is 0 Å². The van der Waals surface area contributed by atoms with Gasteiger partial charge in [-0.2, -0.15) is 0 Å². The van der Waals surface area contributed by atoms with E-state index in [-0.39, 0.29) is 4.90 Å². The Hall–Kier alpha value is -2.34. The predicted molar refractivity (Wildman–Crippen MR) is 112 cm³/mol. The van der Waals surface area contributed by atoms with Crippen molar-refractivity contribution in [3.05, 3.63) is 83.4 Å². The van der Waals surface area contributed by atoms with Crippen molar-refractivity contribution < 1.29 is 8.42 Å². The maximum Gasteiger partial charge on any atom is 0.240 e. The molecule has 0 fully saturated rings. The molecule has 0 saturated carbocycles. The topological polar surface area (TPSA) is 58.2 Å². The number of hydrogen-bond donors (Lipinski definition) is 2. The van der Waals surface area contributed by atoms with Crippen LogP contribution >= 0.6 is 11.6 Å². The highest BCUT2D eigenvalue weighted by molar-refractivity contribution is 7.89. The van der Waals surface area contributed by atoms with E-state index in [1.54, 1.807) is 31.2 Å². The Kier molecular flexibility index (Phi) is 6.16. The lowest BCUT2D eigenvalue weighted by Gasteiger charge is -2.10. The Morgan fingerprint density at radius 2 is 1.63 bits per heavy atom. The van der Waals surface area contributed by atoms with Gasteiger partial charge in [0.1, 0.15) is 0 Å². The van der Waals surface area contributed by atoms with Gasteiger partial charge in [0.05, 0.1) is 4.90 Å². The SMILES string of the molecule is CCNS(=O)(=O)c1ccc(NCc2ccc(-c3ccccc3)c(Cl)c2)cc1. The fourth-order valence-electron chi connectivity index (χ4n) is 2.75. The van der Waals surface area contributed by atoms with Gasteiger partial charge in [0.2, 0.25) is 10.0 Å². The first-order valence-corrected chi connectivity index (χ1v) is 10.5. The van der Waals surface area contributed by atoms with Crippen molar-refractivity contribution in [1.29, 1.82) is 0 Å². The first kappa shape index (κ1) is 19.4. The van der Waals surface area contributed by atoms with Gasteiger partial charge in [0.25, 0.3) is 0 Å². The third-order valence-corrected chi connectivity index (χ3v) is 5.99. The molecule has 0 aliphatic carbocycles. The molecular weight excluding hydrogens is 380 g/mol. The van der Waals surface area contributed by atoms with Gasteiger partial charge in [-0.15, -0.1) is 0 Å². The highest BCUT2D eigenvalue weighted by atomic mass is 35.5. The third kappa shape index (κ3) is 4.89. The van der Waals surface area contributed by atoms with Gasteiger partial charge in [-0.05, 0) is 41.5 Å². The Morgan fingerprint density at radius 1 is 0.926 bits per heavy atom. The lowest BCUT2D eigenvalue weighted by atomic mass is 10.0. The maximum absolute atomic E-state index is 12.0. The zero-order chi connectivity index (χ0) is 19.3. The summed E-state index contributed by atoms with van der Waals surface area (Å²) in [7, 11) is -3.43. The van der Waals surface area contributed by atoms with Crippen LogP contribution in [0, 0.1) is 0 Å². The summed E-state index contributed by atoms with van der Waals surface area (Å²) < 4.78 is 26.4. The van der Waals surface area contributed by atoms with Crippen molar-refractivity contribution in [2.75, 3.05) is 11.9 Å². The average Bonchev–Trinajstić information content (AvgIpc) is 2.67. The Labute approximate surface area is 165 Å². The highest BCUT2D eigenvalue weighted by Gasteiger charge is 2.11. The maximum atomic E-state index is 12.0. The molecule has 3 rings (SSSR count). The molecule has 0 unspecified atom stereocenters. The summed E-state index contributed by atoms with van der Waals surface area (Å²) in [5.41, 5.74) is 3.97. The number of hydrogen-bond acceptors (Lipinski definition) is 3. The van der Waals surface area contributed by atoms with Gasteiger partial charge in [-0.25, -0.2) is 13.1 Å². The number of rotatable bonds is 7. The molecule has 4 nitrogen and oxygen atoms in total. The van der Waals surface area contributed by atoms with Crippen LogP contribution in [0.15, 0.2) is 77.7 Å². The molecule has 0 spiro atoms. The van der Waals surface area contributed by atoms with Crippen LogP contribution in [0.5, 0.6) is 0 Å². The zero-order valence-electron chi connectivity index (χ0n) is 14.9. The molecule has 0 aromatic heterocycles. The molecule has 3 aromatic rings. The average molecular weight is 401 g/mol. The summed E-state index contributed by atoms with van der Waals surface area (Å²) in [5.74, 6) is 0. The van der Waals surface area contributed by atoms with E-state index in [0.29, 0.717) is 18.1 Å². The number of benzene rings is 3. The lowest BCUT2D eigenvalue weighted by Crippen LogP contribution is -2.23. The van der Waals surface area contributed by atoms with Crippen LogP contribution in [0.3, 0.4) is 0 Å². The van der Waals surface area contributed by atoms with Crippen LogP contribution < -0.4 is 10.0 Å². The van der Waals surface area contributed by atoms with Gasteiger partial charge < -0.3 is 5.32 Å². The second-order valence-corrected chi connectivity index (χ2v) is 8.23. The van der Waals surface area contributed by atoms with Crippen LogP contribution in [0.1, 0.15) is 12.5 Å². The van der Waals surface area contributed by atoms with Gasteiger partial charge in [0.15, 0.2) is 0 Å². The molecule has 0 radical (unpaired) electrons. The minimum absolute atomic E-state index is 0.255. The van der Waals surface area contributed by atoms with Crippen LogP contribution in [0.25, 0.3) is 11.1 Å². The molecule has 3 aromatic carbocycles. The van der Waals surface area contributed by atoms with Gasteiger partial charge in [0, 0.05) is 29.4 Å². The quantitative estimate of drug-likeness (QED) is 0.592. The molecular formula is C21H21ClN2O2S. The van der Waals surface area contributed by atoms with Gasteiger partial charge in [-0.3, -0.25) is 0 Å². The number of halogens is 1. The molecule has 0 heterocycles. The monoisotopic (exact) mass is 400 g/mol. The van der Waals surface area contributed by atoms with E-state index in [1.807, 2.05) is 48.5 Å². The zero-order valence-corrected chi connectivity index (χ0v) is 16.5. The van der Waals surface area contributed by atoms with E-state index in [0.717, 1.165) is 22.4 Å². The number of anilines is 1. The van der Waals surface area contributed by atoms with Gasteiger partial charge in [-0.1, -0.05) is 61.0 Å². The Morgan fingerprint density at radius 3 is 2.26 bits per heavy atom. The number of nitrogens with one attached hydrogen (secondary N) is 2. The highest BCUT2D eigenvalue weighted by Crippen LogP contribution is 2.28. The van der Waals surface area contributed by atoms with Crippen molar-refractivity contribution in [1.82, 2.24) is 4.72 Å². The van der Waals surface area contributed by atoms with Gasteiger partial charge >= 0.3 is 0 Å². The third-order valence-electron chi connectivity index (χ3n) is 4.11. The second-order valence-electron chi connectivity index (χ2n) is 6.06. The minimum atomic E-state index is -3.43. The molecule has 0 saturated heterocycles. The predicted octanol–water partition coefficient (Wildman–Crippen LogP) is 4.92. The van der Waals surface area contributed by atoms with E-state index in [1.165, 1.54) is 0 Å². The molecule has 140 valence electrons. The first-order valence-electron chi connectivity index (χ1n) is 8.67. The van der Waals surface area contributed by atoms with E-state index in [9.17, 15) is 8.42 Å². The fourth-order valence-corrected chi connectivity index (χ4v) is 4.10. The summed E-state index contributed by atoms with van der Waals surface area (Å²) in [4.78, 5) is 0.255. The van der Waals surface area contributed by atoms with E-state index in [2.05, 4.69) is 10.0 Å². The largest absolute Gasteiger partial charge is 0.381 e. The molecule has 6 heteroatoms. The second kappa shape index (κ2) is 8.57. The molecule has 27 heavy (non-hydrogen) atoms. The molecule has 0 bridgehead atoms. The van der Waals surface area contributed by atoms with Crippen molar-refractivity contribution >= 4 is 27.3 Å². The Balaban J connectivity index is 1.68. The van der Waals surface area contributed by atoms with Crippen LogP contribution in [0.2, 0.25) is 5.02 Å². The molecule has 0 aliphatic rings. The standard InChI is InChI=1S/C21H21ClN2O2S/c1-2-24-27(25,26)19-11-9-18(10-12-19)23-15-16-8-13-20(21(22)14-16)17-6-4-3-5-7-17/h3-14,23-24H,2,15H2,1H3. The summed E-state index contributed by atoms with van der Waals surface area (Å²) in [6.45, 7) is 2.71. The fraction of sp³-hybridized carbons (Fsp3) is 0.143. The number of sulfonamides is 1. The summed E-state index contributed by atoms with van der Waals surface area (Å²) in [5, 5.41) is 3.99. The van der Waals surface area contributed by atoms with Crippen LogP contribution in [-0.2, 0) is 16.6 Å². The molecule has 0 aliphatic heterocycles. The van der Waals surface area contributed by atoms with E-state index in [4.69, 9.17) is 11.6 Å². The van der Waals surface area contributed by atoms with Crippen LogP contribution in [-0.4, -0.2) is 15.0 Å².